The first-order valence-corrected chi connectivity index (χ1v) is 4.60. The number of rotatable bonds is 1. The Morgan fingerprint density at radius 1 is 1.23 bits per heavy atom. The Morgan fingerprint density at radius 3 is 2.62 bits per heavy atom. The van der Waals surface area contributed by atoms with Crippen LogP contribution in [-0.4, -0.2) is 11.5 Å². The van der Waals surface area contributed by atoms with Crippen LogP contribution < -0.4 is 5.32 Å². The summed E-state index contributed by atoms with van der Waals surface area (Å²) in [6, 6.07) is 4.77. The van der Waals surface area contributed by atoms with Crippen LogP contribution >= 0.6 is 12.4 Å². The molecule has 0 spiro atoms. The SMILES string of the molecule is Cl.c1cc([C@@H]2CCCCN2)ccn1. The Bertz CT molecular complexity index is 232. The van der Waals surface area contributed by atoms with Gasteiger partial charge in [-0.15, -0.1) is 12.4 Å². The van der Waals surface area contributed by atoms with Gasteiger partial charge in [0.1, 0.15) is 0 Å². The van der Waals surface area contributed by atoms with E-state index in [0.29, 0.717) is 6.04 Å². The quantitative estimate of drug-likeness (QED) is 0.749. The highest BCUT2D eigenvalue weighted by Gasteiger charge is 2.13. The van der Waals surface area contributed by atoms with Gasteiger partial charge in [0.25, 0.3) is 0 Å². The molecule has 0 aromatic carbocycles. The smallest absolute Gasteiger partial charge is 0.0321 e. The average molecular weight is 199 g/mol. The van der Waals surface area contributed by atoms with Gasteiger partial charge in [0, 0.05) is 18.4 Å². The number of hydrogen-bond acceptors (Lipinski definition) is 2. The van der Waals surface area contributed by atoms with E-state index in [1.165, 1.54) is 24.8 Å². The molecule has 3 heteroatoms. The standard InChI is InChI=1S/C10H14N2.ClH/c1-2-6-12-10(3-1)9-4-7-11-8-5-9;/h4-5,7-8,10,12H,1-3,6H2;1H/t10-;/m0./s1. The molecular weight excluding hydrogens is 184 g/mol. The first-order valence-electron chi connectivity index (χ1n) is 4.60. The lowest BCUT2D eigenvalue weighted by molar-refractivity contribution is 0.412. The van der Waals surface area contributed by atoms with Crippen molar-refractivity contribution in [2.24, 2.45) is 0 Å². The van der Waals surface area contributed by atoms with E-state index in [2.05, 4.69) is 22.4 Å². The molecule has 0 amide bonds. The molecule has 2 nitrogen and oxygen atoms in total. The summed E-state index contributed by atoms with van der Waals surface area (Å²) >= 11 is 0. The molecule has 13 heavy (non-hydrogen) atoms. The van der Waals surface area contributed by atoms with Gasteiger partial charge in [-0.25, -0.2) is 0 Å². The van der Waals surface area contributed by atoms with Crippen LogP contribution in [-0.2, 0) is 0 Å². The summed E-state index contributed by atoms with van der Waals surface area (Å²) in [6.45, 7) is 1.16. The summed E-state index contributed by atoms with van der Waals surface area (Å²) in [4.78, 5) is 4.01. The lowest BCUT2D eigenvalue weighted by Gasteiger charge is -2.23. The third-order valence-corrected chi connectivity index (χ3v) is 2.42. The number of hydrogen-bond donors (Lipinski definition) is 1. The van der Waals surface area contributed by atoms with Gasteiger partial charge in [-0.05, 0) is 37.1 Å². The van der Waals surface area contributed by atoms with E-state index in [0.717, 1.165) is 6.54 Å². The summed E-state index contributed by atoms with van der Waals surface area (Å²) < 4.78 is 0. The number of aromatic nitrogens is 1. The number of halogens is 1. The van der Waals surface area contributed by atoms with Gasteiger partial charge in [-0.3, -0.25) is 4.98 Å². The summed E-state index contributed by atoms with van der Waals surface area (Å²) in [5.74, 6) is 0. The van der Waals surface area contributed by atoms with Gasteiger partial charge in [0.2, 0.25) is 0 Å². The highest BCUT2D eigenvalue weighted by molar-refractivity contribution is 5.85. The molecule has 1 aromatic heterocycles. The second kappa shape index (κ2) is 5.20. The van der Waals surface area contributed by atoms with Crippen LogP contribution in [0.15, 0.2) is 24.5 Å². The van der Waals surface area contributed by atoms with Crippen molar-refractivity contribution in [1.82, 2.24) is 10.3 Å². The first-order chi connectivity index (χ1) is 5.97. The maximum atomic E-state index is 4.01. The van der Waals surface area contributed by atoms with E-state index in [1.54, 1.807) is 0 Å². The summed E-state index contributed by atoms with van der Waals surface area (Å²) in [5, 5.41) is 3.51. The van der Waals surface area contributed by atoms with Crippen LogP contribution in [0.1, 0.15) is 30.9 Å². The van der Waals surface area contributed by atoms with Crippen LogP contribution in [0.4, 0.5) is 0 Å². The lowest BCUT2D eigenvalue weighted by Crippen LogP contribution is -2.26. The van der Waals surface area contributed by atoms with E-state index in [-0.39, 0.29) is 12.4 Å². The van der Waals surface area contributed by atoms with E-state index in [4.69, 9.17) is 0 Å². The molecule has 1 aromatic rings. The van der Waals surface area contributed by atoms with Crippen LogP contribution in [0.3, 0.4) is 0 Å². The second-order valence-electron chi connectivity index (χ2n) is 3.28. The highest BCUT2D eigenvalue weighted by Crippen LogP contribution is 2.21. The molecule has 1 fully saturated rings. The van der Waals surface area contributed by atoms with Gasteiger partial charge >= 0.3 is 0 Å². The Labute approximate surface area is 85.2 Å². The van der Waals surface area contributed by atoms with Crippen molar-refractivity contribution in [1.29, 1.82) is 0 Å². The fourth-order valence-corrected chi connectivity index (χ4v) is 1.73. The first kappa shape index (κ1) is 10.5. The Morgan fingerprint density at radius 2 is 2.00 bits per heavy atom. The third-order valence-electron chi connectivity index (χ3n) is 2.42. The number of nitrogens with one attached hydrogen (secondary N) is 1. The van der Waals surface area contributed by atoms with Crippen LogP contribution in [0.25, 0.3) is 0 Å². The molecular formula is C10H15ClN2. The molecule has 1 saturated heterocycles. The van der Waals surface area contributed by atoms with E-state index in [9.17, 15) is 0 Å². The molecule has 0 unspecified atom stereocenters. The van der Waals surface area contributed by atoms with Gasteiger partial charge in [-0.1, -0.05) is 6.42 Å². The molecule has 1 N–H and O–H groups in total. The maximum Gasteiger partial charge on any atom is 0.0321 e. The molecule has 72 valence electrons. The van der Waals surface area contributed by atoms with Crippen LogP contribution in [0.5, 0.6) is 0 Å². The zero-order valence-electron chi connectivity index (χ0n) is 7.57. The lowest BCUT2D eigenvalue weighted by atomic mass is 9.99. The van der Waals surface area contributed by atoms with Crippen LogP contribution in [0.2, 0.25) is 0 Å². The molecule has 1 atom stereocenters. The minimum absolute atomic E-state index is 0. The number of piperidine rings is 1. The van der Waals surface area contributed by atoms with Crippen molar-refractivity contribution in [2.75, 3.05) is 6.54 Å². The number of pyridine rings is 1. The van der Waals surface area contributed by atoms with Gasteiger partial charge in [-0.2, -0.15) is 0 Å². The second-order valence-corrected chi connectivity index (χ2v) is 3.28. The van der Waals surface area contributed by atoms with Crippen molar-refractivity contribution < 1.29 is 0 Å². The largest absolute Gasteiger partial charge is 0.310 e. The summed E-state index contributed by atoms with van der Waals surface area (Å²) in [7, 11) is 0. The predicted octanol–water partition coefficient (Wildman–Crippen LogP) is 2.32. The Hall–Kier alpha value is -0.600. The molecule has 2 heterocycles. The molecule has 1 aliphatic heterocycles. The monoisotopic (exact) mass is 198 g/mol. The Kier molecular flexibility index (Phi) is 4.19. The van der Waals surface area contributed by atoms with Crippen molar-refractivity contribution in [2.45, 2.75) is 25.3 Å². The van der Waals surface area contributed by atoms with Gasteiger partial charge in [0.05, 0.1) is 0 Å². The Balaban J connectivity index is 0.000000845. The van der Waals surface area contributed by atoms with Crippen molar-refractivity contribution in [3.05, 3.63) is 30.1 Å². The van der Waals surface area contributed by atoms with Crippen LogP contribution in [0, 0.1) is 0 Å². The van der Waals surface area contributed by atoms with Crippen molar-refractivity contribution in [3.63, 3.8) is 0 Å². The molecule has 0 aliphatic carbocycles. The highest BCUT2D eigenvalue weighted by atomic mass is 35.5. The minimum Gasteiger partial charge on any atom is -0.310 e. The molecule has 0 bridgehead atoms. The third kappa shape index (κ3) is 2.68. The molecule has 1 aliphatic rings. The molecule has 2 rings (SSSR count). The number of nitrogens with zero attached hydrogens (tertiary/aromatic N) is 1. The van der Waals surface area contributed by atoms with Gasteiger partial charge < -0.3 is 5.32 Å². The van der Waals surface area contributed by atoms with E-state index >= 15 is 0 Å². The zero-order valence-corrected chi connectivity index (χ0v) is 8.39. The van der Waals surface area contributed by atoms with E-state index < -0.39 is 0 Å². The summed E-state index contributed by atoms with van der Waals surface area (Å²) in [5.41, 5.74) is 1.38. The summed E-state index contributed by atoms with van der Waals surface area (Å²) in [6.07, 6.45) is 7.67. The minimum atomic E-state index is 0. The predicted molar refractivity (Wildman–Crippen MR) is 56.1 cm³/mol. The fourth-order valence-electron chi connectivity index (χ4n) is 1.73. The van der Waals surface area contributed by atoms with E-state index in [1.807, 2.05) is 12.4 Å². The zero-order chi connectivity index (χ0) is 8.23. The molecule has 0 radical (unpaired) electrons. The normalized spacial score (nSPS) is 22.0. The fraction of sp³-hybridized carbons (Fsp3) is 0.500. The maximum absolute atomic E-state index is 4.01. The van der Waals surface area contributed by atoms with Crippen molar-refractivity contribution in [3.8, 4) is 0 Å². The van der Waals surface area contributed by atoms with Crippen molar-refractivity contribution >= 4 is 12.4 Å². The topological polar surface area (TPSA) is 24.9 Å². The average Bonchev–Trinajstić information content (AvgIpc) is 2.21. The van der Waals surface area contributed by atoms with Gasteiger partial charge in [0.15, 0.2) is 0 Å². The molecule has 0 saturated carbocycles.